The van der Waals surface area contributed by atoms with Crippen molar-refractivity contribution in [2.24, 2.45) is 0 Å². The van der Waals surface area contributed by atoms with Gasteiger partial charge >= 0.3 is 6.03 Å². The lowest BCUT2D eigenvalue weighted by molar-refractivity contribution is 0.115. The van der Waals surface area contributed by atoms with E-state index in [1.54, 1.807) is 24.9 Å². The third-order valence-electron chi connectivity index (χ3n) is 5.14. The Morgan fingerprint density at radius 2 is 2.00 bits per heavy atom. The molecule has 7 nitrogen and oxygen atoms in total. The number of amides is 2. The summed E-state index contributed by atoms with van der Waals surface area (Å²) in [5.74, 6) is 1.41. The van der Waals surface area contributed by atoms with Crippen molar-refractivity contribution in [3.8, 4) is 17.2 Å². The van der Waals surface area contributed by atoms with E-state index in [4.69, 9.17) is 9.15 Å². The lowest BCUT2D eigenvalue weighted by Gasteiger charge is -2.32. The number of carbonyl (C=O) groups is 1. The number of likely N-dealkylation sites (tertiary alicyclic amines) is 1. The zero-order valence-electron chi connectivity index (χ0n) is 16.6. The highest BCUT2D eigenvalue weighted by molar-refractivity contribution is 5.90. The van der Waals surface area contributed by atoms with E-state index in [1.165, 1.54) is 0 Å². The van der Waals surface area contributed by atoms with Crippen molar-refractivity contribution in [1.29, 1.82) is 0 Å². The van der Waals surface area contributed by atoms with Gasteiger partial charge in [0.1, 0.15) is 18.1 Å². The van der Waals surface area contributed by atoms with E-state index in [-0.39, 0.29) is 12.1 Å². The first-order valence-corrected chi connectivity index (χ1v) is 9.74. The van der Waals surface area contributed by atoms with Gasteiger partial charge in [-0.2, -0.15) is 0 Å². The van der Waals surface area contributed by atoms with Crippen LogP contribution in [0.1, 0.15) is 24.0 Å². The molecule has 1 aliphatic heterocycles. The number of carbonyl (C=O) groups excluding carboxylic acids is 1. The summed E-state index contributed by atoms with van der Waals surface area (Å²) in [6.07, 6.45) is 8.38. The second kappa shape index (κ2) is 8.34. The molecule has 4 rings (SSSR count). The minimum Gasteiger partial charge on any atom is -0.490 e. The van der Waals surface area contributed by atoms with Gasteiger partial charge in [-0.25, -0.2) is 9.78 Å². The lowest BCUT2D eigenvalue weighted by Crippen LogP contribution is -2.43. The number of pyridine rings is 1. The minimum absolute atomic E-state index is 0.106. The van der Waals surface area contributed by atoms with Crippen LogP contribution in [0.5, 0.6) is 5.75 Å². The van der Waals surface area contributed by atoms with Crippen LogP contribution >= 0.6 is 0 Å². The number of piperidine rings is 1. The van der Waals surface area contributed by atoms with Gasteiger partial charge in [-0.15, -0.1) is 0 Å². The number of aryl methyl sites for hydroxylation is 2. The van der Waals surface area contributed by atoms with Gasteiger partial charge in [-0.05, 0) is 37.6 Å². The van der Waals surface area contributed by atoms with E-state index in [9.17, 15) is 4.79 Å². The first-order valence-electron chi connectivity index (χ1n) is 9.74. The van der Waals surface area contributed by atoms with Crippen LogP contribution in [0.2, 0.25) is 0 Å². The molecule has 7 heteroatoms. The Hall–Kier alpha value is -3.35. The second-order valence-corrected chi connectivity index (χ2v) is 7.24. The standard InChI is InChI=1S/C22H24N4O3/c1-15-3-4-17(13-19(15)21-24-9-12-28-21)25-22(27)26-10-6-18(7-11-26)29-20-5-8-23-14-16(20)2/h3-5,8-9,12-14,18H,6-7,10-11H2,1-2H3,(H,25,27). The first kappa shape index (κ1) is 19.0. The number of aromatic nitrogens is 2. The molecule has 150 valence electrons. The van der Waals surface area contributed by atoms with Crippen LogP contribution in [0.15, 0.2) is 53.5 Å². The monoisotopic (exact) mass is 392 g/mol. The number of oxazole rings is 1. The second-order valence-electron chi connectivity index (χ2n) is 7.24. The molecule has 3 heterocycles. The third-order valence-corrected chi connectivity index (χ3v) is 5.14. The predicted octanol–water partition coefficient (Wildman–Crippen LogP) is 4.43. The molecule has 0 atom stereocenters. The Balaban J connectivity index is 1.35. The van der Waals surface area contributed by atoms with Crippen molar-refractivity contribution in [3.05, 3.63) is 60.2 Å². The van der Waals surface area contributed by atoms with Gasteiger partial charge in [0.2, 0.25) is 5.89 Å². The highest BCUT2D eigenvalue weighted by atomic mass is 16.5. The maximum Gasteiger partial charge on any atom is 0.321 e. The summed E-state index contributed by atoms with van der Waals surface area (Å²) < 4.78 is 11.5. The van der Waals surface area contributed by atoms with E-state index in [0.717, 1.165) is 41.0 Å². The van der Waals surface area contributed by atoms with Crippen LogP contribution in [0.3, 0.4) is 0 Å². The van der Waals surface area contributed by atoms with Gasteiger partial charge < -0.3 is 19.4 Å². The Morgan fingerprint density at radius 1 is 1.17 bits per heavy atom. The van der Waals surface area contributed by atoms with E-state index in [0.29, 0.717) is 19.0 Å². The van der Waals surface area contributed by atoms with Crippen molar-refractivity contribution in [3.63, 3.8) is 0 Å². The van der Waals surface area contributed by atoms with Crippen LogP contribution in [-0.4, -0.2) is 40.1 Å². The van der Waals surface area contributed by atoms with Gasteiger partial charge in [-0.3, -0.25) is 4.98 Å². The van der Waals surface area contributed by atoms with Crippen LogP contribution in [0, 0.1) is 13.8 Å². The molecule has 1 aromatic carbocycles. The molecule has 29 heavy (non-hydrogen) atoms. The molecule has 1 N–H and O–H groups in total. The van der Waals surface area contributed by atoms with E-state index in [1.807, 2.05) is 43.0 Å². The van der Waals surface area contributed by atoms with Crippen molar-refractivity contribution in [2.45, 2.75) is 32.8 Å². The largest absolute Gasteiger partial charge is 0.490 e. The molecule has 0 aliphatic carbocycles. The van der Waals surface area contributed by atoms with Crippen molar-refractivity contribution >= 4 is 11.7 Å². The fourth-order valence-electron chi connectivity index (χ4n) is 3.44. The molecule has 0 saturated carbocycles. The highest BCUT2D eigenvalue weighted by Gasteiger charge is 2.24. The Kier molecular flexibility index (Phi) is 5.46. The average Bonchev–Trinajstić information content (AvgIpc) is 3.26. The number of urea groups is 1. The average molecular weight is 392 g/mol. The fraction of sp³-hybridized carbons (Fsp3) is 0.318. The number of anilines is 1. The topological polar surface area (TPSA) is 80.5 Å². The molecule has 3 aromatic rings. The summed E-state index contributed by atoms with van der Waals surface area (Å²) in [5.41, 5.74) is 3.65. The molecule has 0 bridgehead atoms. The van der Waals surface area contributed by atoms with Gasteiger partial charge in [0, 0.05) is 55.1 Å². The maximum atomic E-state index is 12.7. The first-order chi connectivity index (χ1) is 14.1. The molecule has 0 unspecified atom stereocenters. The zero-order chi connectivity index (χ0) is 20.2. The van der Waals surface area contributed by atoms with Gasteiger partial charge in [-0.1, -0.05) is 6.07 Å². The quantitative estimate of drug-likeness (QED) is 0.710. The van der Waals surface area contributed by atoms with Crippen LogP contribution in [-0.2, 0) is 0 Å². The van der Waals surface area contributed by atoms with E-state index in [2.05, 4.69) is 15.3 Å². The third kappa shape index (κ3) is 4.39. The number of nitrogens with one attached hydrogen (secondary N) is 1. The van der Waals surface area contributed by atoms with E-state index >= 15 is 0 Å². The number of benzene rings is 1. The fourth-order valence-corrected chi connectivity index (χ4v) is 3.44. The number of rotatable bonds is 4. The maximum absolute atomic E-state index is 12.7. The number of hydrogen-bond acceptors (Lipinski definition) is 5. The molecule has 2 amide bonds. The molecule has 1 fully saturated rings. The molecular formula is C22H24N4O3. The van der Waals surface area contributed by atoms with Gasteiger partial charge in [0.25, 0.3) is 0 Å². The zero-order valence-corrected chi connectivity index (χ0v) is 16.6. The summed E-state index contributed by atoms with van der Waals surface area (Å²) >= 11 is 0. The summed E-state index contributed by atoms with van der Waals surface area (Å²) in [6, 6.07) is 7.51. The number of ether oxygens (including phenoxy) is 1. The number of nitrogens with zero attached hydrogens (tertiary/aromatic N) is 3. The molecule has 0 radical (unpaired) electrons. The predicted molar refractivity (Wildman–Crippen MR) is 110 cm³/mol. The lowest BCUT2D eigenvalue weighted by atomic mass is 10.1. The molecular weight excluding hydrogens is 368 g/mol. The highest BCUT2D eigenvalue weighted by Crippen LogP contribution is 2.26. The van der Waals surface area contributed by atoms with Gasteiger partial charge in [0.15, 0.2) is 0 Å². The molecule has 2 aromatic heterocycles. The molecule has 1 aliphatic rings. The SMILES string of the molecule is Cc1cnccc1OC1CCN(C(=O)Nc2ccc(C)c(-c3ncco3)c2)CC1. The van der Waals surface area contributed by atoms with Crippen LogP contribution < -0.4 is 10.1 Å². The molecule has 1 saturated heterocycles. The normalized spacial score (nSPS) is 14.6. The van der Waals surface area contributed by atoms with Crippen LogP contribution in [0.4, 0.5) is 10.5 Å². The van der Waals surface area contributed by atoms with Crippen LogP contribution in [0.25, 0.3) is 11.5 Å². The van der Waals surface area contributed by atoms with Crippen molar-refractivity contribution in [1.82, 2.24) is 14.9 Å². The summed E-state index contributed by atoms with van der Waals surface area (Å²) in [6.45, 7) is 5.28. The minimum atomic E-state index is -0.106. The van der Waals surface area contributed by atoms with Crippen molar-refractivity contribution in [2.75, 3.05) is 18.4 Å². The van der Waals surface area contributed by atoms with Gasteiger partial charge in [0.05, 0.1) is 6.20 Å². The summed E-state index contributed by atoms with van der Waals surface area (Å²) in [5, 5.41) is 2.98. The summed E-state index contributed by atoms with van der Waals surface area (Å²) in [7, 11) is 0. The van der Waals surface area contributed by atoms with E-state index < -0.39 is 0 Å². The Morgan fingerprint density at radius 3 is 2.72 bits per heavy atom. The number of hydrogen-bond donors (Lipinski definition) is 1. The Labute approximate surface area is 169 Å². The molecule has 0 spiro atoms. The Bertz CT molecular complexity index is 979. The smallest absolute Gasteiger partial charge is 0.321 e. The van der Waals surface area contributed by atoms with Crippen molar-refractivity contribution < 1.29 is 13.9 Å². The summed E-state index contributed by atoms with van der Waals surface area (Å²) in [4.78, 5) is 22.8.